The van der Waals surface area contributed by atoms with Gasteiger partial charge >= 0.3 is 31.6 Å². The molecule has 0 aliphatic carbocycles. The van der Waals surface area contributed by atoms with Gasteiger partial charge in [0.25, 0.3) is 0 Å². The van der Waals surface area contributed by atoms with Crippen LogP contribution < -0.4 is 21.0 Å². The third-order valence-electron chi connectivity index (χ3n) is 7.01. The molecule has 20 heteroatoms. The third kappa shape index (κ3) is 10.1. The third-order valence-corrected chi connectivity index (χ3v) is 8.97. The number of aliphatic carboxylic acids is 1. The number of fused-ring (bicyclic) bond motifs is 1. The summed E-state index contributed by atoms with van der Waals surface area (Å²) in [6.07, 6.45) is -6.58. The average Bonchev–Trinajstić information content (AvgIpc) is 3.25. The van der Waals surface area contributed by atoms with Crippen LogP contribution in [0.5, 0.6) is 5.75 Å². The summed E-state index contributed by atoms with van der Waals surface area (Å²) < 4.78 is 69.5. The van der Waals surface area contributed by atoms with Crippen LogP contribution in [-0.2, 0) is 28.2 Å². The van der Waals surface area contributed by atoms with E-state index in [0.717, 1.165) is 11.0 Å². The molecule has 0 amide bonds. The van der Waals surface area contributed by atoms with Gasteiger partial charge in [-0.05, 0) is 38.5 Å². The van der Waals surface area contributed by atoms with Crippen LogP contribution in [0.2, 0.25) is 5.02 Å². The zero-order valence-electron chi connectivity index (χ0n) is 26.3. The SMILES string of the molecule is CCCCOC(=O)[C@H](C)NP(=O)(OC[C@H]1O[C@@H](n2ccc(N)nc2=O)[C@](C)(O)[C@@H]1O)Oc1ccc(Cl)c2ccccc12.O=C(O)C(F)(F)F. The van der Waals surface area contributed by atoms with Gasteiger partial charge in [0.05, 0.1) is 13.2 Å². The van der Waals surface area contributed by atoms with E-state index < -0.39 is 68.2 Å². The van der Waals surface area contributed by atoms with Crippen molar-refractivity contribution in [2.75, 3.05) is 18.9 Å². The number of nitrogens with one attached hydrogen (secondary N) is 1. The van der Waals surface area contributed by atoms with Crippen molar-refractivity contribution in [1.29, 1.82) is 0 Å². The minimum Gasteiger partial charge on any atom is -0.475 e. The molecule has 6 N–H and O–H groups in total. The number of benzene rings is 2. The van der Waals surface area contributed by atoms with Crippen molar-refractivity contribution in [1.82, 2.24) is 14.6 Å². The smallest absolute Gasteiger partial charge is 0.475 e. The molecule has 2 aromatic carbocycles. The van der Waals surface area contributed by atoms with E-state index in [9.17, 15) is 37.5 Å². The molecule has 270 valence electrons. The predicted octanol–water partition coefficient (Wildman–Crippen LogP) is 3.80. The molecule has 49 heavy (non-hydrogen) atoms. The molecule has 1 aliphatic heterocycles. The summed E-state index contributed by atoms with van der Waals surface area (Å²) in [6.45, 7) is 4.28. The molecule has 0 bridgehead atoms. The first kappa shape index (κ1) is 39.7. The van der Waals surface area contributed by atoms with E-state index in [2.05, 4.69) is 10.1 Å². The number of ether oxygens (including phenoxy) is 2. The summed E-state index contributed by atoms with van der Waals surface area (Å²) >= 11 is 6.32. The number of halogens is 4. The van der Waals surface area contributed by atoms with Crippen LogP contribution >= 0.6 is 19.3 Å². The highest BCUT2D eigenvalue weighted by Crippen LogP contribution is 2.49. The van der Waals surface area contributed by atoms with Crippen molar-refractivity contribution < 1.29 is 61.2 Å². The van der Waals surface area contributed by atoms with Crippen molar-refractivity contribution in [3.63, 3.8) is 0 Å². The van der Waals surface area contributed by atoms with Gasteiger partial charge in [0.15, 0.2) is 6.23 Å². The van der Waals surface area contributed by atoms with Gasteiger partial charge < -0.3 is 35.1 Å². The summed E-state index contributed by atoms with van der Waals surface area (Å²) in [7, 11) is -4.40. The van der Waals surface area contributed by atoms with Gasteiger partial charge in [-0.15, -0.1) is 0 Å². The van der Waals surface area contributed by atoms with Gasteiger partial charge in [0, 0.05) is 22.0 Å². The lowest BCUT2D eigenvalue weighted by Crippen LogP contribution is -2.46. The fourth-order valence-electron chi connectivity index (χ4n) is 4.42. The Hall–Kier alpha value is -3.77. The van der Waals surface area contributed by atoms with Gasteiger partial charge in [0.1, 0.15) is 35.4 Å². The molecule has 3 aromatic rings. The summed E-state index contributed by atoms with van der Waals surface area (Å²) in [6, 6.07) is 10.3. The summed E-state index contributed by atoms with van der Waals surface area (Å²) in [5.41, 5.74) is 2.77. The van der Waals surface area contributed by atoms with Crippen LogP contribution in [0.3, 0.4) is 0 Å². The molecule has 2 heterocycles. The maximum absolute atomic E-state index is 14.1. The second kappa shape index (κ2) is 16.3. The largest absolute Gasteiger partial charge is 0.490 e. The molecule has 6 atom stereocenters. The van der Waals surface area contributed by atoms with E-state index in [1.807, 2.05) is 6.92 Å². The van der Waals surface area contributed by atoms with Gasteiger partial charge in [-0.2, -0.15) is 23.2 Å². The number of esters is 1. The molecule has 1 fully saturated rings. The fraction of sp³-hybridized carbons (Fsp3) is 0.448. The number of anilines is 1. The maximum Gasteiger partial charge on any atom is 0.490 e. The molecule has 1 unspecified atom stereocenters. The van der Waals surface area contributed by atoms with E-state index >= 15 is 0 Å². The molecular formula is C29H35ClF3N4O11P. The molecule has 0 spiro atoms. The van der Waals surface area contributed by atoms with Gasteiger partial charge in [-0.3, -0.25) is 13.9 Å². The lowest BCUT2D eigenvalue weighted by Gasteiger charge is -2.27. The zero-order chi connectivity index (χ0) is 36.7. The molecule has 1 aliphatic rings. The average molecular weight is 739 g/mol. The highest BCUT2D eigenvalue weighted by Gasteiger charge is 2.54. The van der Waals surface area contributed by atoms with E-state index in [1.54, 1.807) is 30.3 Å². The predicted molar refractivity (Wildman–Crippen MR) is 169 cm³/mol. The standard InChI is InChI=1S/C27H34ClN4O9P.C2HF3O2/c1-4-5-14-38-24(34)16(2)31-42(37,41-20-11-10-19(28)17-8-6-7-9-18(17)20)39-15-21-23(33)27(3,36)25(40-21)32-13-12-22(29)30-26(32)35;3-2(4,5)1(6)7/h6-13,16,21,23,25,33,36H,4-5,14-15H2,1-3H3,(H,31,37)(H2,29,30,35);(H,6,7)/t16-,21+,23+,25+,27+,42?;/m0./s1. The Morgan fingerprint density at radius 2 is 1.86 bits per heavy atom. The summed E-state index contributed by atoms with van der Waals surface area (Å²) in [4.78, 5) is 37.5. The monoisotopic (exact) mass is 738 g/mol. The van der Waals surface area contributed by atoms with Crippen molar-refractivity contribution in [2.45, 2.75) is 69.9 Å². The number of alkyl halides is 3. The van der Waals surface area contributed by atoms with Crippen molar-refractivity contribution in [2.24, 2.45) is 0 Å². The lowest BCUT2D eigenvalue weighted by atomic mass is 9.96. The maximum atomic E-state index is 14.1. The van der Waals surface area contributed by atoms with Crippen molar-refractivity contribution in [3.8, 4) is 5.75 Å². The number of aromatic nitrogens is 2. The minimum atomic E-state index is -5.08. The number of carbonyl (C=O) groups is 2. The number of aliphatic hydroxyl groups is 2. The Bertz CT molecular complexity index is 1740. The minimum absolute atomic E-state index is 0.0319. The Kier molecular flexibility index (Phi) is 13.2. The van der Waals surface area contributed by atoms with E-state index in [-0.39, 0.29) is 18.2 Å². The van der Waals surface area contributed by atoms with Crippen molar-refractivity contribution >= 4 is 47.9 Å². The number of carboxylic acid groups (broad SMARTS) is 1. The van der Waals surface area contributed by atoms with E-state index in [1.165, 1.54) is 32.2 Å². The first-order chi connectivity index (χ1) is 22.8. The number of nitrogens with two attached hydrogens (primary N) is 1. The van der Waals surface area contributed by atoms with Crippen LogP contribution in [-0.4, -0.2) is 80.1 Å². The Labute approximate surface area is 282 Å². The lowest BCUT2D eigenvalue weighted by molar-refractivity contribution is -0.192. The fourth-order valence-corrected chi connectivity index (χ4v) is 6.17. The number of nitrogens with zero attached hydrogens (tertiary/aromatic N) is 2. The number of hydrogen-bond acceptors (Lipinski definition) is 12. The van der Waals surface area contributed by atoms with Crippen LogP contribution in [0.4, 0.5) is 19.0 Å². The molecule has 4 rings (SSSR count). The number of carboxylic acids is 1. The van der Waals surface area contributed by atoms with E-state index in [0.29, 0.717) is 22.2 Å². The zero-order valence-corrected chi connectivity index (χ0v) is 27.9. The summed E-state index contributed by atoms with van der Waals surface area (Å²) in [5, 5.41) is 33.2. The first-order valence-electron chi connectivity index (χ1n) is 14.6. The Balaban J connectivity index is 0.000000838. The number of nitrogen functional groups attached to an aromatic ring is 1. The second-order valence-electron chi connectivity index (χ2n) is 10.9. The molecule has 1 aromatic heterocycles. The van der Waals surface area contributed by atoms with E-state index in [4.69, 9.17) is 45.8 Å². The van der Waals surface area contributed by atoms with Gasteiger partial charge in [-0.1, -0.05) is 49.2 Å². The Morgan fingerprint density at radius 3 is 2.45 bits per heavy atom. The number of unbranched alkanes of at least 4 members (excludes halogenated alkanes) is 1. The number of aliphatic hydroxyl groups excluding tert-OH is 1. The number of carbonyl (C=O) groups excluding carboxylic acids is 1. The van der Waals surface area contributed by atoms with Gasteiger partial charge in [-0.25, -0.2) is 14.2 Å². The molecular weight excluding hydrogens is 704 g/mol. The molecule has 1 saturated heterocycles. The van der Waals surface area contributed by atoms with Crippen LogP contribution in [0, 0.1) is 0 Å². The Morgan fingerprint density at radius 1 is 1.22 bits per heavy atom. The molecule has 0 radical (unpaired) electrons. The normalized spacial score (nSPS) is 22.4. The molecule has 0 saturated carbocycles. The van der Waals surface area contributed by atoms with Crippen LogP contribution in [0.25, 0.3) is 10.8 Å². The van der Waals surface area contributed by atoms with Crippen molar-refractivity contribution in [3.05, 3.63) is 64.2 Å². The first-order valence-corrected chi connectivity index (χ1v) is 16.5. The quantitative estimate of drug-likeness (QED) is 0.101. The second-order valence-corrected chi connectivity index (χ2v) is 13.0. The number of hydrogen-bond donors (Lipinski definition) is 5. The number of rotatable bonds is 12. The highest BCUT2D eigenvalue weighted by atomic mass is 35.5. The highest BCUT2D eigenvalue weighted by molar-refractivity contribution is 7.52. The van der Waals surface area contributed by atoms with Gasteiger partial charge in [0.2, 0.25) is 0 Å². The molecule has 15 nitrogen and oxygen atoms in total. The topological polar surface area (TPSA) is 222 Å². The summed E-state index contributed by atoms with van der Waals surface area (Å²) in [5.74, 6) is -3.31. The van der Waals surface area contributed by atoms with Crippen LogP contribution in [0.15, 0.2) is 53.5 Å². The van der Waals surface area contributed by atoms with Crippen LogP contribution in [0.1, 0.15) is 39.8 Å².